The number of anilines is 1. The van der Waals surface area contributed by atoms with Gasteiger partial charge in [-0.05, 0) is 57.5 Å². The van der Waals surface area contributed by atoms with E-state index < -0.39 is 40.2 Å². The lowest BCUT2D eigenvalue weighted by Crippen LogP contribution is -2.52. The molecule has 3 aromatic rings. The van der Waals surface area contributed by atoms with Gasteiger partial charge in [0.05, 0.1) is 10.6 Å². The van der Waals surface area contributed by atoms with Crippen LogP contribution in [0.1, 0.15) is 38.3 Å². The predicted octanol–water partition coefficient (Wildman–Crippen LogP) is 4.66. The molecule has 0 saturated carbocycles. The van der Waals surface area contributed by atoms with Gasteiger partial charge < -0.3 is 10.2 Å². The lowest BCUT2D eigenvalue weighted by molar-refractivity contribution is -0.139. The van der Waals surface area contributed by atoms with E-state index in [-0.39, 0.29) is 23.0 Å². The summed E-state index contributed by atoms with van der Waals surface area (Å²) >= 11 is 0. The van der Waals surface area contributed by atoms with Crippen LogP contribution in [0.25, 0.3) is 0 Å². The number of carbonyl (C=O) groups excluding carboxylic acids is 2. The monoisotopic (exact) mass is 539 g/mol. The molecule has 0 fully saturated rings. The topological polar surface area (TPSA) is 86.8 Å². The van der Waals surface area contributed by atoms with Gasteiger partial charge in [-0.25, -0.2) is 12.8 Å². The van der Waals surface area contributed by atoms with E-state index in [1.165, 1.54) is 35.2 Å². The van der Waals surface area contributed by atoms with Crippen LogP contribution in [-0.4, -0.2) is 43.8 Å². The van der Waals surface area contributed by atoms with Crippen molar-refractivity contribution >= 4 is 27.5 Å². The molecule has 0 unspecified atom stereocenters. The van der Waals surface area contributed by atoms with E-state index in [2.05, 4.69) is 5.32 Å². The quantitative estimate of drug-likeness (QED) is 0.384. The molecule has 0 spiro atoms. The molecule has 3 rings (SSSR count). The molecule has 0 radical (unpaired) electrons. The summed E-state index contributed by atoms with van der Waals surface area (Å²) in [5.74, 6) is -1.57. The number of nitrogens with zero attached hydrogens (tertiary/aromatic N) is 2. The number of benzene rings is 3. The SMILES string of the molecule is CC[C@@H](C)NC(=O)[C@@H](C)N(Cc1ccccc1F)C(=O)CN(c1ccccc1)S(=O)(=O)c1ccc(C)cc1. The van der Waals surface area contributed by atoms with Crippen molar-refractivity contribution in [2.24, 2.45) is 0 Å². The molecule has 38 heavy (non-hydrogen) atoms. The molecule has 2 amide bonds. The van der Waals surface area contributed by atoms with Gasteiger partial charge in [-0.3, -0.25) is 13.9 Å². The highest BCUT2D eigenvalue weighted by atomic mass is 32.2. The van der Waals surface area contributed by atoms with Crippen molar-refractivity contribution in [1.82, 2.24) is 10.2 Å². The van der Waals surface area contributed by atoms with E-state index in [0.29, 0.717) is 12.1 Å². The molecule has 2 atom stereocenters. The maximum absolute atomic E-state index is 14.6. The summed E-state index contributed by atoms with van der Waals surface area (Å²) in [6, 6.07) is 19.5. The van der Waals surface area contributed by atoms with Gasteiger partial charge in [0.2, 0.25) is 11.8 Å². The number of halogens is 1. The molecule has 0 aliphatic rings. The summed E-state index contributed by atoms with van der Waals surface area (Å²) in [4.78, 5) is 28.1. The van der Waals surface area contributed by atoms with Gasteiger partial charge in [0.25, 0.3) is 10.0 Å². The highest BCUT2D eigenvalue weighted by molar-refractivity contribution is 7.92. The molecular weight excluding hydrogens is 505 g/mol. The van der Waals surface area contributed by atoms with E-state index >= 15 is 0 Å². The first-order chi connectivity index (χ1) is 18.0. The lowest BCUT2D eigenvalue weighted by atomic mass is 10.1. The van der Waals surface area contributed by atoms with E-state index in [1.54, 1.807) is 55.5 Å². The van der Waals surface area contributed by atoms with Crippen LogP contribution in [0.3, 0.4) is 0 Å². The highest BCUT2D eigenvalue weighted by Crippen LogP contribution is 2.25. The molecule has 0 aromatic heterocycles. The molecule has 0 saturated heterocycles. The Kier molecular flexibility index (Phi) is 9.63. The van der Waals surface area contributed by atoms with Crippen LogP contribution in [0.2, 0.25) is 0 Å². The minimum absolute atomic E-state index is 0.0305. The first-order valence-electron chi connectivity index (χ1n) is 12.5. The van der Waals surface area contributed by atoms with Crippen LogP contribution < -0.4 is 9.62 Å². The zero-order chi connectivity index (χ0) is 27.9. The highest BCUT2D eigenvalue weighted by Gasteiger charge is 2.33. The average Bonchev–Trinajstić information content (AvgIpc) is 2.91. The summed E-state index contributed by atoms with van der Waals surface area (Å²) in [5, 5.41) is 2.85. The Hall–Kier alpha value is -3.72. The Morgan fingerprint density at radius 2 is 1.53 bits per heavy atom. The predicted molar refractivity (Wildman–Crippen MR) is 146 cm³/mol. The summed E-state index contributed by atoms with van der Waals surface area (Å²) < 4.78 is 43.0. The molecule has 1 N–H and O–H groups in total. The normalized spacial score (nSPS) is 12.9. The third kappa shape index (κ3) is 6.98. The molecule has 9 heteroatoms. The Morgan fingerprint density at radius 1 is 0.921 bits per heavy atom. The molecule has 0 aliphatic heterocycles. The summed E-state index contributed by atoms with van der Waals surface area (Å²) in [7, 11) is -4.14. The van der Waals surface area contributed by atoms with E-state index in [0.717, 1.165) is 9.87 Å². The Labute approximate surface area is 224 Å². The zero-order valence-electron chi connectivity index (χ0n) is 22.1. The minimum atomic E-state index is -4.14. The molecular formula is C29H34FN3O4S. The second kappa shape index (κ2) is 12.7. The van der Waals surface area contributed by atoms with E-state index in [9.17, 15) is 22.4 Å². The van der Waals surface area contributed by atoms with Crippen LogP contribution in [0.5, 0.6) is 0 Å². The van der Waals surface area contributed by atoms with Gasteiger partial charge in [-0.1, -0.05) is 61.0 Å². The summed E-state index contributed by atoms with van der Waals surface area (Å²) in [6.45, 7) is 6.40. The number of rotatable bonds is 11. The number of amides is 2. The minimum Gasteiger partial charge on any atom is -0.352 e. The fraction of sp³-hybridized carbons (Fsp3) is 0.310. The van der Waals surface area contributed by atoms with Crippen LogP contribution in [-0.2, 0) is 26.2 Å². The van der Waals surface area contributed by atoms with E-state index in [4.69, 9.17) is 0 Å². The Balaban J connectivity index is 2.01. The van der Waals surface area contributed by atoms with Gasteiger partial charge >= 0.3 is 0 Å². The molecule has 202 valence electrons. The van der Waals surface area contributed by atoms with Gasteiger partial charge in [0.15, 0.2) is 0 Å². The number of nitrogens with one attached hydrogen (secondary N) is 1. The molecule has 3 aromatic carbocycles. The van der Waals surface area contributed by atoms with E-state index in [1.807, 2.05) is 20.8 Å². The number of hydrogen-bond acceptors (Lipinski definition) is 4. The van der Waals surface area contributed by atoms with Gasteiger partial charge in [-0.2, -0.15) is 0 Å². The number of aryl methyl sites for hydroxylation is 1. The standard InChI is InChI=1S/C29H34FN3O4S/c1-5-22(3)31-29(35)23(4)32(19-24-11-9-10-14-27(24)30)28(34)20-33(25-12-7-6-8-13-25)38(36,37)26-17-15-21(2)16-18-26/h6-18,22-23H,5,19-20H2,1-4H3,(H,31,35)/t22-,23-/m1/s1. The van der Waals surface area contributed by atoms with Crippen molar-refractivity contribution in [2.45, 2.75) is 57.6 Å². The number of para-hydroxylation sites is 1. The van der Waals surface area contributed by atoms with Crippen molar-refractivity contribution in [2.75, 3.05) is 10.8 Å². The van der Waals surface area contributed by atoms with Crippen LogP contribution in [0, 0.1) is 12.7 Å². The number of sulfonamides is 1. The molecule has 7 nitrogen and oxygen atoms in total. The fourth-order valence-corrected chi connectivity index (χ4v) is 5.23. The van der Waals surface area contributed by atoms with Gasteiger partial charge in [-0.15, -0.1) is 0 Å². The smallest absolute Gasteiger partial charge is 0.264 e. The summed E-state index contributed by atoms with van der Waals surface area (Å²) in [5.41, 5.74) is 1.41. The third-order valence-electron chi connectivity index (χ3n) is 6.40. The van der Waals surface area contributed by atoms with Crippen molar-refractivity contribution in [3.05, 3.63) is 95.8 Å². The molecule has 0 heterocycles. The van der Waals surface area contributed by atoms with Crippen LogP contribution in [0.4, 0.5) is 10.1 Å². The van der Waals surface area contributed by atoms with Gasteiger partial charge in [0, 0.05) is 18.2 Å². The van der Waals surface area contributed by atoms with Crippen molar-refractivity contribution in [3.63, 3.8) is 0 Å². The first kappa shape index (κ1) is 28.8. The lowest BCUT2D eigenvalue weighted by Gasteiger charge is -2.32. The molecule has 0 bridgehead atoms. The number of carbonyl (C=O) groups is 2. The van der Waals surface area contributed by atoms with Crippen LogP contribution >= 0.6 is 0 Å². The van der Waals surface area contributed by atoms with Crippen molar-refractivity contribution in [1.29, 1.82) is 0 Å². The third-order valence-corrected chi connectivity index (χ3v) is 8.19. The maximum atomic E-state index is 14.6. The summed E-state index contributed by atoms with van der Waals surface area (Å²) in [6.07, 6.45) is 0.691. The fourth-order valence-electron chi connectivity index (χ4n) is 3.82. The van der Waals surface area contributed by atoms with Crippen molar-refractivity contribution in [3.8, 4) is 0 Å². The average molecular weight is 540 g/mol. The Morgan fingerprint density at radius 3 is 2.13 bits per heavy atom. The zero-order valence-corrected chi connectivity index (χ0v) is 22.9. The largest absolute Gasteiger partial charge is 0.352 e. The maximum Gasteiger partial charge on any atom is 0.264 e. The van der Waals surface area contributed by atoms with Crippen LogP contribution in [0.15, 0.2) is 83.8 Å². The second-order valence-corrected chi connectivity index (χ2v) is 11.1. The Bertz CT molecular complexity index is 1350. The number of hydrogen-bond donors (Lipinski definition) is 1. The molecule has 0 aliphatic carbocycles. The second-order valence-electron chi connectivity index (χ2n) is 9.27. The van der Waals surface area contributed by atoms with Gasteiger partial charge in [0.1, 0.15) is 18.4 Å². The van der Waals surface area contributed by atoms with Crippen molar-refractivity contribution < 1.29 is 22.4 Å². The first-order valence-corrected chi connectivity index (χ1v) is 14.0.